The number of benzene rings is 1. The highest BCUT2D eigenvalue weighted by atomic mass is 15.1. The number of hydrogen-bond acceptors (Lipinski definition) is 3. The maximum atomic E-state index is 4.75. The first kappa shape index (κ1) is 15.5. The minimum atomic E-state index is 0.172. The van der Waals surface area contributed by atoms with Crippen LogP contribution in [0.1, 0.15) is 46.4 Å². The van der Waals surface area contributed by atoms with Crippen molar-refractivity contribution in [2.45, 2.75) is 64.2 Å². The number of fused-ring (bicyclic) bond motifs is 1. The summed E-state index contributed by atoms with van der Waals surface area (Å²) in [7, 11) is 2.10. The van der Waals surface area contributed by atoms with E-state index in [2.05, 4.69) is 68.1 Å². The van der Waals surface area contributed by atoms with E-state index >= 15 is 0 Å². The first-order valence-corrected chi connectivity index (χ1v) is 8.19. The molecule has 0 unspecified atom stereocenters. The molecule has 0 atom stereocenters. The van der Waals surface area contributed by atoms with Gasteiger partial charge in [0, 0.05) is 24.2 Å². The highest BCUT2D eigenvalue weighted by molar-refractivity contribution is 5.75. The quantitative estimate of drug-likeness (QED) is 0.916. The van der Waals surface area contributed by atoms with Gasteiger partial charge >= 0.3 is 0 Å². The molecule has 2 N–H and O–H groups in total. The van der Waals surface area contributed by atoms with E-state index in [1.807, 2.05) is 6.07 Å². The molecular formula is C18H28N4. The van der Waals surface area contributed by atoms with Crippen LogP contribution in [-0.2, 0) is 13.6 Å². The number of nitrogens with zero attached hydrogens (tertiary/aromatic N) is 2. The molecule has 2 aromatic rings. The second kappa shape index (κ2) is 5.36. The molecule has 0 radical (unpaired) electrons. The molecule has 0 spiro atoms. The highest BCUT2D eigenvalue weighted by Crippen LogP contribution is 2.28. The fourth-order valence-corrected chi connectivity index (χ4v) is 4.06. The summed E-state index contributed by atoms with van der Waals surface area (Å²) in [5, 5.41) is 7.46. The third kappa shape index (κ3) is 3.18. The Bertz CT molecular complexity index is 653. The molecule has 4 heteroatoms. The maximum absolute atomic E-state index is 4.75. The lowest BCUT2D eigenvalue weighted by Gasteiger charge is -2.46. The van der Waals surface area contributed by atoms with E-state index in [0.29, 0.717) is 6.04 Å². The Balaban J connectivity index is 1.72. The molecule has 1 saturated heterocycles. The van der Waals surface area contributed by atoms with Gasteiger partial charge in [-0.3, -0.25) is 0 Å². The van der Waals surface area contributed by atoms with Crippen molar-refractivity contribution in [1.29, 1.82) is 0 Å². The Kier molecular flexibility index (Phi) is 3.77. The average Bonchev–Trinajstić information content (AvgIpc) is 2.70. The van der Waals surface area contributed by atoms with E-state index in [1.54, 1.807) is 0 Å². The standard InChI is InChI=1S/C18H28N4/c1-17(2)10-13(11-18(3,4)21-17)19-12-16-20-14-8-6-7-9-15(14)22(16)5/h6-9,13,19,21H,10-12H2,1-5H3. The smallest absolute Gasteiger partial charge is 0.123 e. The number of nitrogens with one attached hydrogen (secondary N) is 2. The van der Waals surface area contributed by atoms with E-state index in [1.165, 1.54) is 5.52 Å². The number of para-hydroxylation sites is 2. The molecule has 120 valence electrons. The second-order valence-corrected chi connectivity index (χ2v) is 7.95. The molecule has 1 aliphatic rings. The van der Waals surface area contributed by atoms with Crippen LogP contribution in [-0.4, -0.2) is 26.7 Å². The average molecular weight is 300 g/mol. The first-order valence-electron chi connectivity index (χ1n) is 8.19. The van der Waals surface area contributed by atoms with E-state index < -0.39 is 0 Å². The zero-order valence-corrected chi connectivity index (χ0v) is 14.4. The van der Waals surface area contributed by atoms with Crippen LogP contribution < -0.4 is 10.6 Å². The summed E-state index contributed by atoms with van der Waals surface area (Å²) in [6, 6.07) is 8.84. The fourth-order valence-electron chi connectivity index (χ4n) is 4.06. The number of rotatable bonds is 3. The molecule has 1 aromatic heterocycles. The van der Waals surface area contributed by atoms with Crippen LogP contribution in [0.4, 0.5) is 0 Å². The fraction of sp³-hybridized carbons (Fsp3) is 0.611. The largest absolute Gasteiger partial charge is 0.330 e. The third-order valence-corrected chi connectivity index (χ3v) is 4.62. The van der Waals surface area contributed by atoms with Crippen LogP contribution in [0.15, 0.2) is 24.3 Å². The number of aromatic nitrogens is 2. The summed E-state index contributed by atoms with van der Waals surface area (Å²) >= 11 is 0. The zero-order valence-electron chi connectivity index (χ0n) is 14.4. The summed E-state index contributed by atoms with van der Waals surface area (Å²) in [4.78, 5) is 4.75. The summed E-state index contributed by atoms with van der Waals surface area (Å²) in [5.41, 5.74) is 2.62. The molecule has 0 amide bonds. The molecular weight excluding hydrogens is 272 g/mol. The molecule has 0 bridgehead atoms. The van der Waals surface area contributed by atoms with Gasteiger partial charge in [0.05, 0.1) is 17.6 Å². The van der Waals surface area contributed by atoms with Gasteiger partial charge in [-0.1, -0.05) is 12.1 Å². The molecule has 1 fully saturated rings. The summed E-state index contributed by atoms with van der Waals surface area (Å²) in [5.74, 6) is 1.11. The van der Waals surface area contributed by atoms with Gasteiger partial charge in [-0.25, -0.2) is 4.98 Å². The van der Waals surface area contributed by atoms with Gasteiger partial charge in [-0.05, 0) is 52.7 Å². The normalized spacial score (nSPS) is 21.3. The van der Waals surface area contributed by atoms with Gasteiger partial charge in [0.2, 0.25) is 0 Å². The van der Waals surface area contributed by atoms with Gasteiger partial charge in [0.25, 0.3) is 0 Å². The molecule has 3 rings (SSSR count). The Hall–Kier alpha value is -1.39. The van der Waals surface area contributed by atoms with Gasteiger partial charge in [0.15, 0.2) is 0 Å². The molecule has 1 aliphatic heterocycles. The Labute approximate surface area is 133 Å². The third-order valence-electron chi connectivity index (χ3n) is 4.62. The lowest BCUT2D eigenvalue weighted by molar-refractivity contribution is 0.145. The van der Waals surface area contributed by atoms with Gasteiger partial charge in [-0.15, -0.1) is 0 Å². The highest BCUT2D eigenvalue weighted by Gasteiger charge is 2.37. The van der Waals surface area contributed by atoms with Crippen LogP contribution in [0, 0.1) is 0 Å². The predicted molar refractivity (Wildman–Crippen MR) is 91.9 cm³/mol. The van der Waals surface area contributed by atoms with Crippen LogP contribution in [0.3, 0.4) is 0 Å². The number of piperidine rings is 1. The van der Waals surface area contributed by atoms with Crippen molar-refractivity contribution in [2.75, 3.05) is 0 Å². The Morgan fingerprint density at radius 2 is 1.82 bits per heavy atom. The number of imidazole rings is 1. The molecule has 1 aromatic carbocycles. The topological polar surface area (TPSA) is 41.9 Å². The van der Waals surface area contributed by atoms with Gasteiger partial charge in [0.1, 0.15) is 5.82 Å². The van der Waals surface area contributed by atoms with Crippen molar-refractivity contribution in [1.82, 2.24) is 20.2 Å². The summed E-state index contributed by atoms with van der Waals surface area (Å²) in [6.45, 7) is 9.98. The van der Waals surface area contributed by atoms with Crippen molar-refractivity contribution in [3.8, 4) is 0 Å². The molecule has 22 heavy (non-hydrogen) atoms. The minimum Gasteiger partial charge on any atom is -0.330 e. The molecule has 0 saturated carbocycles. The van der Waals surface area contributed by atoms with E-state index in [0.717, 1.165) is 30.7 Å². The summed E-state index contributed by atoms with van der Waals surface area (Å²) in [6.07, 6.45) is 2.28. The second-order valence-electron chi connectivity index (χ2n) is 7.95. The van der Waals surface area contributed by atoms with Crippen LogP contribution in [0.2, 0.25) is 0 Å². The van der Waals surface area contributed by atoms with E-state index in [4.69, 9.17) is 4.98 Å². The van der Waals surface area contributed by atoms with Crippen molar-refractivity contribution in [3.05, 3.63) is 30.1 Å². The molecule has 4 nitrogen and oxygen atoms in total. The Morgan fingerprint density at radius 1 is 1.18 bits per heavy atom. The van der Waals surface area contributed by atoms with Crippen LogP contribution in [0.5, 0.6) is 0 Å². The van der Waals surface area contributed by atoms with E-state index in [-0.39, 0.29) is 11.1 Å². The zero-order chi connectivity index (χ0) is 16.0. The first-order chi connectivity index (χ1) is 10.3. The number of aryl methyl sites for hydroxylation is 1. The van der Waals surface area contributed by atoms with E-state index in [9.17, 15) is 0 Å². The maximum Gasteiger partial charge on any atom is 0.123 e. The van der Waals surface area contributed by atoms with Crippen LogP contribution in [0.25, 0.3) is 11.0 Å². The lowest BCUT2D eigenvalue weighted by Crippen LogP contribution is -2.61. The van der Waals surface area contributed by atoms with Crippen LogP contribution >= 0.6 is 0 Å². The Morgan fingerprint density at radius 3 is 2.45 bits per heavy atom. The predicted octanol–water partition coefficient (Wildman–Crippen LogP) is 2.97. The molecule has 0 aliphatic carbocycles. The van der Waals surface area contributed by atoms with Crippen molar-refractivity contribution in [2.24, 2.45) is 7.05 Å². The molecule has 2 heterocycles. The minimum absolute atomic E-state index is 0.172. The monoisotopic (exact) mass is 300 g/mol. The summed E-state index contributed by atoms with van der Waals surface area (Å²) < 4.78 is 2.19. The van der Waals surface area contributed by atoms with Crippen molar-refractivity contribution in [3.63, 3.8) is 0 Å². The van der Waals surface area contributed by atoms with Gasteiger partial charge < -0.3 is 15.2 Å². The van der Waals surface area contributed by atoms with Gasteiger partial charge in [-0.2, -0.15) is 0 Å². The van der Waals surface area contributed by atoms with Crippen molar-refractivity contribution < 1.29 is 0 Å². The number of hydrogen-bond donors (Lipinski definition) is 2. The van der Waals surface area contributed by atoms with Crippen molar-refractivity contribution >= 4 is 11.0 Å². The SMILES string of the molecule is Cn1c(CNC2CC(C)(C)NC(C)(C)C2)nc2ccccc21. The lowest BCUT2D eigenvalue weighted by atomic mass is 9.79.